The van der Waals surface area contributed by atoms with Gasteiger partial charge in [-0.15, -0.1) is 0 Å². The minimum Gasteiger partial charge on any atom is -0.465 e. The predicted octanol–water partition coefficient (Wildman–Crippen LogP) is 2.58. The number of carbonyl (C=O) groups excluding carboxylic acids is 1. The number of aromatic nitrogens is 2. The van der Waals surface area contributed by atoms with Crippen molar-refractivity contribution in [3.05, 3.63) is 47.4 Å². The third-order valence-corrected chi connectivity index (χ3v) is 2.54. The second-order valence-corrected chi connectivity index (χ2v) is 3.68. The first kappa shape index (κ1) is 11.5. The van der Waals surface area contributed by atoms with Crippen LogP contribution in [-0.2, 0) is 4.74 Å². The summed E-state index contributed by atoms with van der Waals surface area (Å²) in [7, 11) is 1.31. The number of pyridine rings is 2. The molecule has 0 N–H and O–H groups in total. The summed E-state index contributed by atoms with van der Waals surface area (Å²) < 4.78 is 4.64. The Bertz CT molecular complexity index is 543. The van der Waals surface area contributed by atoms with Crippen molar-refractivity contribution < 1.29 is 9.53 Å². The number of hydrogen-bond donors (Lipinski definition) is 0. The summed E-state index contributed by atoms with van der Waals surface area (Å²) in [6, 6.07) is 5.21. The first-order valence-corrected chi connectivity index (χ1v) is 5.24. The van der Waals surface area contributed by atoms with Gasteiger partial charge in [0.15, 0.2) is 0 Å². The Kier molecular flexibility index (Phi) is 3.35. The summed E-state index contributed by atoms with van der Waals surface area (Å²) in [5.74, 6) is -0.479. The van der Waals surface area contributed by atoms with Crippen molar-refractivity contribution in [3.63, 3.8) is 0 Å². The highest BCUT2D eigenvalue weighted by molar-refractivity contribution is 6.33. The van der Waals surface area contributed by atoms with Crippen LogP contribution >= 0.6 is 11.6 Å². The van der Waals surface area contributed by atoms with Crippen LogP contribution in [0.15, 0.2) is 36.8 Å². The molecule has 0 aliphatic heterocycles. The average Bonchev–Trinajstić information content (AvgIpc) is 2.39. The molecule has 0 saturated heterocycles. The number of methoxy groups -OCH3 is 1. The lowest BCUT2D eigenvalue weighted by atomic mass is 10.1. The molecule has 0 aliphatic rings. The van der Waals surface area contributed by atoms with Crippen LogP contribution in [0.1, 0.15) is 10.4 Å². The van der Waals surface area contributed by atoms with Crippen LogP contribution in [0.4, 0.5) is 0 Å². The standard InChI is InChI=1S/C12H9ClN2O2/c1-17-12(16)9-6-11(15-7-10(9)13)8-2-4-14-5-3-8/h2-7H,1H3. The van der Waals surface area contributed by atoms with Gasteiger partial charge in [-0.1, -0.05) is 11.6 Å². The van der Waals surface area contributed by atoms with Gasteiger partial charge in [0.1, 0.15) is 0 Å². The fourth-order valence-corrected chi connectivity index (χ4v) is 1.57. The fourth-order valence-electron chi connectivity index (χ4n) is 1.39. The van der Waals surface area contributed by atoms with Crippen LogP contribution in [0.2, 0.25) is 5.02 Å². The summed E-state index contributed by atoms with van der Waals surface area (Å²) in [6.07, 6.45) is 4.75. The van der Waals surface area contributed by atoms with Crippen molar-refractivity contribution in [1.82, 2.24) is 9.97 Å². The highest BCUT2D eigenvalue weighted by atomic mass is 35.5. The van der Waals surface area contributed by atoms with E-state index in [1.54, 1.807) is 30.6 Å². The van der Waals surface area contributed by atoms with Crippen molar-refractivity contribution in [3.8, 4) is 11.3 Å². The summed E-state index contributed by atoms with van der Waals surface area (Å²) >= 11 is 5.88. The van der Waals surface area contributed by atoms with E-state index >= 15 is 0 Å². The first-order chi connectivity index (χ1) is 8.22. The van der Waals surface area contributed by atoms with Crippen molar-refractivity contribution in [2.24, 2.45) is 0 Å². The maximum Gasteiger partial charge on any atom is 0.339 e. The molecule has 2 rings (SSSR count). The van der Waals surface area contributed by atoms with Gasteiger partial charge in [-0.25, -0.2) is 4.79 Å². The maximum atomic E-state index is 11.5. The fraction of sp³-hybridized carbons (Fsp3) is 0.0833. The number of hydrogen-bond acceptors (Lipinski definition) is 4. The zero-order chi connectivity index (χ0) is 12.3. The predicted molar refractivity (Wildman–Crippen MR) is 63.8 cm³/mol. The van der Waals surface area contributed by atoms with Crippen molar-refractivity contribution in [1.29, 1.82) is 0 Å². The molecule has 4 nitrogen and oxygen atoms in total. The molecule has 5 heteroatoms. The Morgan fingerprint density at radius 1 is 1.35 bits per heavy atom. The highest BCUT2D eigenvalue weighted by Gasteiger charge is 2.12. The SMILES string of the molecule is COC(=O)c1cc(-c2ccncc2)ncc1Cl. The molecule has 0 atom stereocenters. The quantitative estimate of drug-likeness (QED) is 0.767. The van der Waals surface area contributed by atoms with Crippen LogP contribution < -0.4 is 0 Å². The third-order valence-electron chi connectivity index (χ3n) is 2.24. The first-order valence-electron chi connectivity index (χ1n) is 4.86. The van der Waals surface area contributed by atoms with Gasteiger partial charge < -0.3 is 4.74 Å². The lowest BCUT2D eigenvalue weighted by molar-refractivity contribution is 0.0601. The Morgan fingerprint density at radius 2 is 2.06 bits per heavy atom. The van der Waals surface area contributed by atoms with Gasteiger partial charge in [0.25, 0.3) is 0 Å². The molecule has 0 bridgehead atoms. The zero-order valence-corrected chi connectivity index (χ0v) is 9.81. The van der Waals surface area contributed by atoms with Crippen LogP contribution in [-0.4, -0.2) is 23.0 Å². The van der Waals surface area contributed by atoms with Gasteiger partial charge in [0.2, 0.25) is 0 Å². The summed E-state index contributed by atoms with van der Waals surface area (Å²) in [4.78, 5) is 19.5. The minimum absolute atomic E-state index is 0.273. The molecule has 0 radical (unpaired) electrons. The number of halogens is 1. The second-order valence-electron chi connectivity index (χ2n) is 3.28. The Hall–Kier alpha value is -1.94. The van der Waals surface area contributed by atoms with E-state index in [9.17, 15) is 4.79 Å². The van der Waals surface area contributed by atoms with Gasteiger partial charge in [-0.3, -0.25) is 9.97 Å². The van der Waals surface area contributed by atoms with Crippen LogP contribution in [0.5, 0.6) is 0 Å². The van der Waals surface area contributed by atoms with Gasteiger partial charge in [0, 0.05) is 24.2 Å². The van der Waals surface area contributed by atoms with Gasteiger partial charge in [-0.05, 0) is 18.2 Å². The molecule has 0 aliphatic carbocycles. The van der Waals surface area contributed by atoms with Crippen LogP contribution in [0.25, 0.3) is 11.3 Å². The van der Waals surface area contributed by atoms with E-state index < -0.39 is 5.97 Å². The van der Waals surface area contributed by atoms with E-state index in [1.165, 1.54) is 13.3 Å². The van der Waals surface area contributed by atoms with E-state index in [0.717, 1.165) is 5.56 Å². The maximum absolute atomic E-state index is 11.5. The molecule has 0 spiro atoms. The van der Waals surface area contributed by atoms with Crippen molar-refractivity contribution in [2.45, 2.75) is 0 Å². The smallest absolute Gasteiger partial charge is 0.339 e. The van der Waals surface area contributed by atoms with E-state index in [0.29, 0.717) is 11.3 Å². The van der Waals surface area contributed by atoms with Crippen molar-refractivity contribution >= 4 is 17.6 Å². The minimum atomic E-state index is -0.479. The number of esters is 1. The van der Waals surface area contributed by atoms with Gasteiger partial charge in [0.05, 0.1) is 23.4 Å². The van der Waals surface area contributed by atoms with E-state index in [1.807, 2.05) is 0 Å². The molecule has 2 aromatic heterocycles. The molecule has 0 fully saturated rings. The molecule has 2 aromatic rings. The van der Waals surface area contributed by atoms with Gasteiger partial charge >= 0.3 is 5.97 Å². The van der Waals surface area contributed by atoms with E-state index in [2.05, 4.69) is 14.7 Å². The molecule has 2 heterocycles. The largest absolute Gasteiger partial charge is 0.465 e. The Balaban J connectivity index is 2.48. The van der Waals surface area contributed by atoms with E-state index in [-0.39, 0.29) is 5.02 Å². The average molecular weight is 249 g/mol. The molecular formula is C12H9ClN2O2. The topological polar surface area (TPSA) is 52.1 Å². The molecule has 0 amide bonds. The Labute approximate surface area is 103 Å². The molecule has 0 saturated carbocycles. The monoisotopic (exact) mass is 248 g/mol. The summed E-state index contributed by atoms with van der Waals surface area (Å²) in [6.45, 7) is 0. The summed E-state index contributed by atoms with van der Waals surface area (Å²) in [5, 5.41) is 0.273. The molecule has 0 unspecified atom stereocenters. The zero-order valence-electron chi connectivity index (χ0n) is 9.05. The molecular weight excluding hydrogens is 240 g/mol. The molecule has 86 valence electrons. The highest BCUT2D eigenvalue weighted by Crippen LogP contribution is 2.22. The number of rotatable bonds is 2. The second kappa shape index (κ2) is 4.93. The van der Waals surface area contributed by atoms with E-state index in [4.69, 9.17) is 11.6 Å². The summed E-state index contributed by atoms with van der Waals surface area (Å²) in [5.41, 5.74) is 1.81. The number of nitrogens with zero attached hydrogens (tertiary/aromatic N) is 2. The number of ether oxygens (including phenoxy) is 1. The Morgan fingerprint density at radius 3 is 2.71 bits per heavy atom. The van der Waals surface area contributed by atoms with Crippen LogP contribution in [0.3, 0.4) is 0 Å². The van der Waals surface area contributed by atoms with Crippen LogP contribution in [0, 0.1) is 0 Å². The number of carbonyl (C=O) groups is 1. The normalized spacial score (nSPS) is 10.0. The molecule has 17 heavy (non-hydrogen) atoms. The van der Waals surface area contributed by atoms with Crippen molar-refractivity contribution in [2.75, 3.05) is 7.11 Å². The molecule has 0 aromatic carbocycles. The third kappa shape index (κ3) is 2.42. The lowest BCUT2D eigenvalue weighted by Gasteiger charge is -2.05. The van der Waals surface area contributed by atoms with Gasteiger partial charge in [-0.2, -0.15) is 0 Å². The lowest BCUT2D eigenvalue weighted by Crippen LogP contribution is -2.03.